The largest absolute Gasteiger partial charge is 0.299 e. The Labute approximate surface area is 167 Å². The van der Waals surface area contributed by atoms with Gasteiger partial charge in [0.1, 0.15) is 0 Å². The lowest BCUT2D eigenvalue weighted by Crippen LogP contribution is -2.29. The molecular formula is C20H26N2O4S2. The van der Waals surface area contributed by atoms with E-state index in [4.69, 9.17) is 0 Å². The second kappa shape index (κ2) is 8.73. The van der Waals surface area contributed by atoms with Gasteiger partial charge in [0, 0.05) is 19.3 Å². The number of piperidine rings is 1. The van der Waals surface area contributed by atoms with E-state index in [0.717, 1.165) is 31.5 Å². The van der Waals surface area contributed by atoms with Crippen molar-refractivity contribution < 1.29 is 16.8 Å². The number of hydrogen-bond donors (Lipinski definition) is 1. The number of likely N-dealkylation sites (tertiary alicyclic amines) is 1. The first-order valence-corrected chi connectivity index (χ1v) is 12.7. The smallest absolute Gasteiger partial charge is 0.240 e. The number of hydrogen-bond acceptors (Lipinski definition) is 5. The molecule has 3 rings (SSSR count). The molecule has 28 heavy (non-hydrogen) atoms. The third kappa shape index (κ3) is 5.64. The fraction of sp³-hybridized carbons (Fsp3) is 0.400. The molecule has 0 atom stereocenters. The van der Waals surface area contributed by atoms with Crippen LogP contribution >= 0.6 is 0 Å². The van der Waals surface area contributed by atoms with Gasteiger partial charge in [-0.2, -0.15) is 0 Å². The van der Waals surface area contributed by atoms with Crippen LogP contribution in [-0.2, 0) is 33.0 Å². The minimum Gasteiger partial charge on any atom is -0.299 e. The maximum Gasteiger partial charge on any atom is 0.240 e. The van der Waals surface area contributed by atoms with Gasteiger partial charge in [-0.15, -0.1) is 0 Å². The number of sulfone groups is 1. The first kappa shape index (κ1) is 21.0. The van der Waals surface area contributed by atoms with Crippen molar-refractivity contribution in [1.29, 1.82) is 0 Å². The molecule has 1 heterocycles. The highest BCUT2D eigenvalue weighted by Gasteiger charge is 2.16. The zero-order chi connectivity index (χ0) is 20.2. The van der Waals surface area contributed by atoms with Gasteiger partial charge in [0.15, 0.2) is 9.84 Å². The van der Waals surface area contributed by atoms with Gasteiger partial charge in [0.05, 0.1) is 9.79 Å². The normalized spacial score (nSPS) is 16.2. The van der Waals surface area contributed by atoms with Crippen LogP contribution in [0.3, 0.4) is 0 Å². The van der Waals surface area contributed by atoms with Gasteiger partial charge in [0.2, 0.25) is 10.0 Å². The van der Waals surface area contributed by atoms with E-state index >= 15 is 0 Å². The quantitative estimate of drug-likeness (QED) is 0.741. The molecule has 2 aromatic carbocycles. The van der Waals surface area contributed by atoms with E-state index < -0.39 is 19.9 Å². The Balaban J connectivity index is 1.64. The molecule has 0 radical (unpaired) electrons. The van der Waals surface area contributed by atoms with Gasteiger partial charge in [-0.25, -0.2) is 21.6 Å². The van der Waals surface area contributed by atoms with Crippen LogP contribution in [0.1, 0.15) is 30.4 Å². The molecule has 0 unspecified atom stereocenters. The monoisotopic (exact) mass is 422 g/mol. The Hall–Kier alpha value is -1.74. The van der Waals surface area contributed by atoms with Crippen LogP contribution < -0.4 is 4.72 Å². The molecule has 152 valence electrons. The van der Waals surface area contributed by atoms with E-state index in [1.807, 2.05) is 18.2 Å². The first-order valence-electron chi connectivity index (χ1n) is 9.34. The maximum absolute atomic E-state index is 12.5. The summed E-state index contributed by atoms with van der Waals surface area (Å²) >= 11 is 0. The second-order valence-electron chi connectivity index (χ2n) is 7.22. The average molecular weight is 423 g/mol. The van der Waals surface area contributed by atoms with Crippen molar-refractivity contribution in [2.75, 3.05) is 19.3 Å². The van der Waals surface area contributed by atoms with Crippen molar-refractivity contribution >= 4 is 19.9 Å². The summed E-state index contributed by atoms with van der Waals surface area (Å²) in [5.41, 5.74) is 2.07. The first-order chi connectivity index (χ1) is 13.2. The van der Waals surface area contributed by atoms with Crippen molar-refractivity contribution in [3.63, 3.8) is 0 Å². The van der Waals surface area contributed by atoms with Crippen molar-refractivity contribution in [2.45, 2.75) is 42.1 Å². The molecule has 1 aliphatic heterocycles. The number of rotatable bonds is 7. The molecule has 0 spiro atoms. The summed E-state index contributed by atoms with van der Waals surface area (Å²) in [7, 11) is -7.07. The van der Waals surface area contributed by atoms with Gasteiger partial charge < -0.3 is 0 Å². The second-order valence-corrected chi connectivity index (χ2v) is 11.0. The molecule has 6 nitrogen and oxygen atoms in total. The molecule has 8 heteroatoms. The van der Waals surface area contributed by atoms with Gasteiger partial charge in [0.25, 0.3) is 0 Å². The van der Waals surface area contributed by atoms with Crippen LogP contribution in [0.15, 0.2) is 58.3 Å². The third-order valence-electron chi connectivity index (χ3n) is 4.87. The maximum atomic E-state index is 12.5. The third-order valence-corrected chi connectivity index (χ3v) is 7.42. The predicted octanol–water partition coefficient (Wildman–Crippen LogP) is 2.55. The van der Waals surface area contributed by atoms with Gasteiger partial charge in [-0.1, -0.05) is 30.7 Å². The molecule has 0 amide bonds. The summed E-state index contributed by atoms with van der Waals surface area (Å²) in [6.45, 7) is 3.29. The number of nitrogens with one attached hydrogen (secondary N) is 1. The molecule has 1 aliphatic rings. The lowest BCUT2D eigenvalue weighted by Gasteiger charge is -2.26. The molecule has 1 saturated heterocycles. The highest BCUT2D eigenvalue weighted by molar-refractivity contribution is 7.90. The SMILES string of the molecule is CS(=O)(=O)c1ccc(S(=O)(=O)NCc2cccc(CN3CCCCC3)c2)cc1. The molecule has 0 aliphatic carbocycles. The van der Waals surface area contributed by atoms with Crippen LogP contribution in [0, 0.1) is 0 Å². The molecule has 0 saturated carbocycles. The highest BCUT2D eigenvalue weighted by Crippen LogP contribution is 2.16. The molecule has 2 aromatic rings. The van der Waals surface area contributed by atoms with Crippen molar-refractivity contribution in [3.8, 4) is 0 Å². The van der Waals surface area contributed by atoms with E-state index in [1.165, 1.54) is 49.1 Å². The Bertz CT molecular complexity index is 1010. The van der Waals surface area contributed by atoms with Crippen molar-refractivity contribution in [3.05, 3.63) is 59.7 Å². The molecule has 1 N–H and O–H groups in total. The summed E-state index contributed by atoms with van der Waals surface area (Å²) in [4.78, 5) is 2.57. The Kier molecular flexibility index (Phi) is 6.54. The van der Waals surface area contributed by atoms with E-state index in [1.54, 1.807) is 0 Å². The van der Waals surface area contributed by atoms with Gasteiger partial charge in [-0.3, -0.25) is 4.90 Å². The van der Waals surface area contributed by atoms with Gasteiger partial charge in [-0.05, 0) is 61.3 Å². The average Bonchev–Trinajstić information content (AvgIpc) is 2.67. The fourth-order valence-corrected chi connectivity index (χ4v) is 4.99. The Morgan fingerprint density at radius 3 is 2.11 bits per heavy atom. The topological polar surface area (TPSA) is 83.5 Å². The molecule has 0 aromatic heterocycles. The minimum atomic E-state index is -3.72. The summed E-state index contributed by atoms with van der Waals surface area (Å²) < 4.78 is 50.6. The molecular weight excluding hydrogens is 396 g/mol. The van der Waals surface area contributed by atoms with Crippen LogP contribution in [0.4, 0.5) is 0 Å². The number of sulfonamides is 1. The summed E-state index contributed by atoms with van der Waals surface area (Å²) in [6, 6.07) is 13.2. The molecule has 0 bridgehead atoms. The standard InChI is InChI=1S/C20H26N2O4S2/c1-27(23,24)19-8-10-20(11-9-19)28(25,26)21-15-17-6-5-7-18(14-17)16-22-12-3-2-4-13-22/h5-11,14,21H,2-4,12-13,15-16H2,1H3. The number of nitrogens with zero attached hydrogens (tertiary/aromatic N) is 1. The fourth-order valence-electron chi connectivity index (χ4n) is 3.34. The van der Waals surface area contributed by atoms with Gasteiger partial charge >= 0.3 is 0 Å². The Morgan fingerprint density at radius 1 is 0.857 bits per heavy atom. The van der Waals surface area contributed by atoms with Crippen LogP contribution in [0.2, 0.25) is 0 Å². The van der Waals surface area contributed by atoms with E-state index in [-0.39, 0.29) is 16.3 Å². The van der Waals surface area contributed by atoms with Crippen LogP contribution in [0.25, 0.3) is 0 Å². The van der Waals surface area contributed by atoms with Crippen molar-refractivity contribution in [1.82, 2.24) is 9.62 Å². The number of benzene rings is 2. The summed E-state index contributed by atoms with van der Waals surface area (Å²) in [6.07, 6.45) is 4.85. The van der Waals surface area contributed by atoms with Crippen LogP contribution in [-0.4, -0.2) is 41.1 Å². The summed E-state index contributed by atoms with van der Waals surface area (Å²) in [5.74, 6) is 0. The van der Waals surface area contributed by atoms with E-state index in [9.17, 15) is 16.8 Å². The van der Waals surface area contributed by atoms with Crippen molar-refractivity contribution in [2.24, 2.45) is 0 Å². The lowest BCUT2D eigenvalue weighted by molar-refractivity contribution is 0.221. The summed E-state index contributed by atoms with van der Waals surface area (Å²) in [5, 5.41) is 0. The zero-order valence-corrected chi connectivity index (χ0v) is 17.6. The van der Waals surface area contributed by atoms with E-state index in [2.05, 4.69) is 15.7 Å². The van der Waals surface area contributed by atoms with E-state index in [0.29, 0.717) is 0 Å². The predicted molar refractivity (Wildman–Crippen MR) is 109 cm³/mol. The molecule has 1 fully saturated rings. The van der Waals surface area contributed by atoms with Crippen LogP contribution in [0.5, 0.6) is 0 Å². The Morgan fingerprint density at radius 2 is 1.46 bits per heavy atom. The zero-order valence-electron chi connectivity index (χ0n) is 16.0. The lowest BCUT2D eigenvalue weighted by atomic mass is 10.1. The minimum absolute atomic E-state index is 0.0457. The highest BCUT2D eigenvalue weighted by atomic mass is 32.2.